The Morgan fingerprint density at radius 2 is 1.95 bits per heavy atom. The van der Waals surface area contributed by atoms with Crippen LogP contribution in [-0.4, -0.2) is 87.5 Å². The minimum Gasteiger partial charge on any atom is -0.375 e. The number of nitrogens with zero attached hydrogens (tertiary/aromatic N) is 7. The molecule has 0 spiro atoms. The van der Waals surface area contributed by atoms with E-state index >= 15 is 4.39 Å². The first-order valence-corrected chi connectivity index (χ1v) is 13.7. The van der Waals surface area contributed by atoms with E-state index in [0.29, 0.717) is 37.9 Å². The van der Waals surface area contributed by atoms with Gasteiger partial charge in [-0.2, -0.15) is 23.4 Å². The summed E-state index contributed by atoms with van der Waals surface area (Å²) in [4.78, 5) is 15.8. The topological polar surface area (TPSA) is 116 Å². The van der Waals surface area contributed by atoms with Crippen LogP contribution >= 0.6 is 0 Å². The maximum Gasteiger partial charge on any atom is 0.388 e. The lowest BCUT2D eigenvalue weighted by Crippen LogP contribution is -2.65. The fourth-order valence-electron chi connectivity index (χ4n) is 4.76. The van der Waals surface area contributed by atoms with Crippen molar-refractivity contribution in [2.45, 2.75) is 64.5 Å². The van der Waals surface area contributed by atoms with E-state index in [9.17, 15) is 18.4 Å². The summed E-state index contributed by atoms with van der Waals surface area (Å²) in [6.45, 7) is 8.37. The molecule has 0 amide bonds. The van der Waals surface area contributed by atoms with Crippen molar-refractivity contribution < 1.29 is 22.3 Å². The summed E-state index contributed by atoms with van der Waals surface area (Å²) in [7, 11) is 1.79. The van der Waals surface area contributed by atoms with Gasteiger partial charge in [-0.1, -0.05) is 6.92 Å². The second-order valence-corrected chi connectivity index (χ2v) is 10.5. The fraction of sp³-hybridized carbons (Fsp3) is 0.536. The van der Waals surface area contributed by atoms with Gasteiger partial charge in [0.05, 0.1) is 42.4 Å². The number of alkyl halides is 4. The number of rotatable bonds is 6. The van der Waals surface area contributed by atoms with Crippen LogP contribution in [0.15, 0.2) is 29.4 Å². The molecule has 14 heteroatoms. The van der Waals surface area contributed by atoms with Crippen LogP contribution in [0.3, 0.4) is 0 Å². The molecule has 2 fully saturated rings. The summed E-state index contributed by atoms with van der Waals surface area (Å²) in [6.07, 6.45) is -3.47. The standard InChI is InChI=1S/C25H30FN9O.C3H5F3/c1-15(2)29-19-5-6-20(30-16(19)3)17-7-10-35-22(17)23(28-4)32-24(33-35)31-21-8-9-34(11-18(21)26)25(12-27)13-36-14-25;1-2-3(4,5)6/h5-7,10,18,21H,8-9,11,13-14H2,1-4H3,(H2,28,31,32,33);2H2,1H3. The van der Waals surface area contributed by atoms with Crippen molar-refractivity contribution in [3.05, 3.63) is 30.1 Å². The van der Waals surface area contributed by atoms with Gasteiger partial charge in [0.1, 0.15) is 11.7 Å². The maximum atomic E-state index is 15.1. The summed E-state index contributed by atoms with van der Waals surface area (Å²) in [5.74, 6) is 0.950. The minimum absolute atomic E-state index is 0.173. The number of halogens is 4. The number of hydrogen-bond acceptors (Lipinski definition) is 9. The molecule has 0 saturated carbocycles. The molecule has 2 atom stereocenters. The summed E-state index contributed by atoms with van der Waals surface area (Å²) in [5, 5.41) is 20.5. The molecule has 3 aromatic rings. The van der Waals surface area contributed by atoms with Crippen molar-refractivity contribution in [2.75, 3.05) is 44.0 Å². The highest BCUT2D eigenvalue weighted by Crippen LogP contribution is 2.32. The molecule has 3 aromatic heterocycles. The number of aryl methyl sites for hydroxylation is 1. The first-order valence-electron chi connectivity index (χ1n) is 13.7. The van der Waals surface area contributed by atoms with Gasteiger partial charge in [0.25, 0.3) is 0 Å². The van der Waals surface area contributed by atoms with Crippen LogP contribution in [0.25, 0.3) is 16.8 Å². The van der Waals surface area contributed by atoms with Gasteiger partial charge in [-0.15, -0.1) is 5.10 Å². The van der Waals surface area contributed by atoms with Crippen LogP contribution in [0.5, 0.6) is 0 Å². The molecule has 2 aliphatic rings. The average molecular weight is 590 g/mol. The molecule has 42 heavy (non-hydrogen) atoms. The largest absolute Gasteiger partial charge is 0.388 e. The molecule has 0 aromatic carbocycles. The van der Waals surface area contributed by atoms with Crippen molar-refractivity contribution in [1.82, 2.24) is 24.5 Å². The zero-order valence-corrected chi connectivity index (χ0v) is 24.3. The molecule has 2 aliphatic heterocycles. The van der Waals surface area contributed by atoms with Crippen LogP contribution in [0.2, 0.25) is 0 Å². The predicted molar refractivity (Wildman–Crippen MR) is 153 cm³/mol. The molecule has 5 heterocycles. The van der Waals surface area contributed by atoms with Crippen molar-refractivity contribution in [2.24, 2.45) is 4.99 Å². The number of aromatic nitrogens is 4. The molecule has 0 bridgehead atoms. The van der Waals surface area contributed by atoms with Crippen molar-refractivity contribution in [3.8, 4) is 17.3 Å². The number of anilines is 2. The molecule has 0 aliphatic carbocycles. The lowest BCUT2D eigenvalue weighted by Gasteiger charge is -2.48. The number of ether oxygens (including phenoxy) is 1. The Labute approximate surface area is 241 Å². The zero-order chi connectivity index (χ0) is 30.7. The van der Waals surface area contributed by atoms with E-state index in [4.69, 9.17) is 9.72 Å². The first-order chi connectivity index (χ1) is 19.9. The average Bonchev–Trinajstić information content (AvgIpc) is 3.34. The third kappa shape index (κ3) is 6.79. The van der Waals surface area contributed by atoms with E-state index in [2.05, 4.69) is 31.8 Å². The van der Waals surface area contributed by atoms with Gasteiger partial charge in [-0.3, -0.25) is 14.9 Å². The number of aliphatic imine (C=N–C) groups is 1. The highest BCUT2D eigenvalue weighted by molar-refractivity contribution is 5.88. The number of likely N-dealkylation sites (tertiary alicyclic amines) is 1. The van der Waals surface area contributed by atoms with Crippen LogP contribution in [0.1, 0.15) is 39.3 Å². The number of fused-ring (bicyclic) bond motifs is 1. The number of nitrogens with one attached hydrogen (secondary N) is 2. The van der Waals surface area contributed by atoms with Crippen molar-refractivity contribution in [3.63, 3.8) is 0 Å². The first kappa shape index (κ1) is 31.1. The maximum absolute atomic E-state index is 15.1. The Kier molecular flexibility index (Phi) is 9.32. The van der Waals surface area contributed by atoms with Gasteiger partial charge in [-0.25, -0.2) is 8.91 Å². The van der Waals surface area contributed by atoms with E-state index in [0.717, 1.165) is 40.8 Å². The van der Waals surface area contributed by atoms with Crippen LogP contribution in [0.4, 0.5) is 35.0 Å². The van der Waals surface area contributed by atoms with Crippen LogP contribution in [-0.2, 0) is 4.74 Å². The number of piperidine rings is 1. The SMILES string of the molecule is CCC(F)(F)F.CNc1nc(NC2CCN(C3(C#N)COC3)CC2F)nn2ccc(-c3ccc(N=C(C)C)c(C)n3)c12. The third-order valence-corrected chi connectivity index (χ3v) is 7.18. The summed E-state index contributed by atoms with van der Waals surface area (Å²) >= 11 is 0. The molecule has 226 valence electrons. The smallest absolute Gasteiger partial charge is 0.375 e. The second-order valence-electron chi connectivity index (χ2n) is 10.5. The van der Waals surface area contributed by atoms with Crippen LogP contribution in [0, 0.1) is 18.3 Å². The van der Waals surface area contributed by atoms with Gasteiger partial charge in [-0.05, 0) is 45.4 Å². The summed E-state index contributed by atoms with van der Waals surface area (Å²) < 4.78 is 54.4. The van der Waals surface area contributed by atoms with Gasteiger partial charge < -0.3 is 15.4 Å². The molecule has 2 saturated heterocycles. The Balaban J connectivity index is 0.000000612. The lowest BCUT2D eigenvalue weighted by atomic mass is 9.92. The summed E-state index contributed by atoms with van der Waals surface area (Å²) in [6, 6.07) is 7.70. The van der Waals surface area contributed by atoms with Gasteiger partial charge in [0.2, 0.25) is 5.95 Å². The predicted octanol–water partition coefficient (Wildman–Crippen LogP) is 5.33. The third-order valence-electron chi connectivity index (χ3n) is 7.18. The highest BCUT2D eigenvalue weighted by atomic mass is 19.4. The minimum atomic E-state index is -3.96. The molecule has 0 radical (unpaired) electrons. The monoisotopic (exact) mass is 589 g/mol. The Hall–Kier alpha value is -3.83. The molecule has 2 unspecified atom stereocenters. The number of hydrogen-bond donors (Lipinski definition) is 2. The van der Waals surface area contributed by atoms with E-state index in [1.807, 2.05) is 50.1 Å². The van der Waals surface area contributed by atoms with Gasteiger partial charge in [0, 0.05) is 44.0 Å². The normalized spacial score (nSPS) is 20.1. The van der Waals surface area contributed by atoms with E-state index in [1.54, 1.807) is 11.6 Å². The van der Waals surface area contributed by atoms with E-state index in [1.165, 1.54) is 0 Å². The molecular formula is C28H35F4N9O. The Morgan fingerprint density at radius 3 is 2.48 bits per heavy atom. The van der Waals surface area contributed by atoms with E-state index in [-0.39, 0.29) is 6.54 Å². The number of pyridine rings is 1. The molecular weight excluding hydrogens is 554 g/mol. The quantitative estimate of drug-likeness (QED) is 0.293. The van der Waals surface area contributed by atoms with Crippen LogP contribution < -0.4 is 10.6 Å². The Bertz CT molecular complexity index is 1470. The van der Waals surface area contributed by atoms with Gasteiger partial charge >= 0.3 is 6.18 Å². The van der Waals surface area contributed by atoms with Crippen molar-refractivity contribution >= 4 is 28.7 Å². The molecule has 5 rings (SSSR count). The van der Waals surface area contributed by atoms with Crippen molar-refractivity contribution in [1.29, 1.82) is 5.26 Å². The molecule has 2 N–H and O–H groups in total. The van der Waals surface area contributed by atoms with E-state index < -0.39 is 30.3 Å². The Morgan fingerprint density at radius 1 is 1.24 bits per heavy atom. The molecule has 10 nitrogen and oxygen atoms in total. The van der Waals surface area contributed by atoms with Gasteiger partial charge in [0.15, 0.2) is 11.4 Å². The lowest BCUT2D eigenvalue weighted by molar-refractivity contribution is -0.130. The second kappa shape index (κ2) is 12.6. The highest BCUT2D eigenvalue weighted by Gasteiger charge is 2.48. The fourth-order valence-corrected chi connectivity index (χ4v) is 4.76. The zero-order valence-electron chi connectivity index (χ0n) is 24.3. The summed E-state index contributed by atoms with van der Waals surface area (Å²) in [5.41, 5.74) is 4.42. The number of nitriles is 1.